The molecule has 0 aromatic heterocycles. The SMILES string of the molecule is COCC(C)(CC(=O)O)NC(=O)C1CCCN(C(=O)C2CC2)C1. The molecule has 2 aliphatic rings. The Bertz CT molecular complexity index is 477. The Labute approximate surface area is 136 Å². The highest BCUT2D eigenvalue weighted by molar-refractivity contribution is 5.84. The van der Waals surface area contributed by atoms with Crippen molar-refractivity contribution < 1.29 is 24.2 Å². The molecule has 2 unspecified atom stereocenters. The lowest BCUT2D eigenvalue weighted by molar-refractivity contribution is -0.140. The van der Waals surface area contributed by atoms with Crippen molar-refractivity contribution in [3.05, 3.63) is 0 Å². The number of methoxy groups -OCH3 is 1. The molecule has 0 spiro atoms. The van der Waals surface area contributed by atoms with Crippen molar-refractivity contribution in [1.29, 1.82) is 0 Å². The molecular formula is C16H26N2O5. The molecule has 0 aromatic rings. The number of aliphatic carboxylic acids is 1. The van der Waals surface area contributed by atoms with Crippen LogP contribution in [0.25, 0.3) is 0 Å². The summed E-state index contributed by atoms with van der Waals surface area (Å²) >= 11 is 0. The number of nitrogens with one attached hydrogen (secondary N) is 1. The predicted octanol–water partition coefficient (Wildman–Crippen LogP) is 0.631. The molecule has 2 amide bonds. The summed E-state index contributed by atoms with van der Waals surface area (Å²) in [6.07, 6.45) is 3.23. The van der Waals surface area contributed by atoms with Crippen molar-refractivity contribution in [2.24, 2.45) is 11.8 Å². The molecule has 1 heterocycles. The van der Waals surface area contributed by atoms with E-state index in [0.717, 1.165) is 25.7 Å². The fourth-order valence-electron chi connectivity index (χ4n) is 3.16. The third-order valence-corrected chi connectivity index (χ3v) is 4.46. The number of likely N-dealkylation sites (tertiary alicyclic amines) is 1. The molecule has 23 heavy (non-hydrogen) atoms. The summed E-state index contributed by atoms with van der Waals surface area (Å²) < 4.78 is 5.05. The monoisotopic (exact) mass is 326 g/mol. The summed E-state index contributed by atoms with van der Waals surface area (Å²) in [7, 11) is 1.48. The number of rotatable bonds is 7. The van der Waals surface area contributed by atoms with Crippen LogP contribution in [-0.2, 0) is 19.1 Å². The maximum absolute atomic E-state index is 12.5. The van der Waals surface area contributed by atoms with Gasteiger partial charge in [0.15, 0.2) is 0 Å². The molecule has 7 heteroatoms. The van der Waals surface area contributed by atoms with Gasteiger partial charge in [-0.25, -0.2) is 0 Å². The predicted molar refractivity (Wildman–Crippen MR) is 82.7 cm³/mol. The number of hydrogen-bond acceptors (Lipinski definition) is 4. The fourth-order valence-corrected chi connectivity index (χ4v) is 3.16. The van der Waals surface area contributed by atoms with Gasteiger partial charge in [-0.3, -0.25) is 14.4 Å². The molecular weight excluding hydrogens is 300 g/mol. The van der Waals surface area contributed by atoms with E-state index in [9.17, 15) is 14.4 Å². The minimum absolute atomic E-state index is 0.127. The Morgan fingerprint density at radius 2 is 1.96 bits per heavy atom. The van der Waals surface area contributed by atoms with E-state index in [1.54, 1.807) is 11.8 Å². The second-order valence-electron chi connectivity index (χ2n) is 6.95. The summed E-state index contributed by atoms with van der Waals surface area (Å²) in [5.41, 5.74) is -0.944. The molecule has 2 atom stereocenters. The zero-order chi connectivity index (χ0) is 17.0. The summed E-state index contributed by atoms with van der Waals surface area (Å²) in [5, 5.41) is 11.8. The molecule has 130 valence electrons. The lowest BCUT2D eigenvalue weighted by atomic mass is 9.93. The van der Waals surface area contributed by atoms with Gasteiger partial charge < -0.3 is 20.1 Å². The molecule has 1 saturated carbocycles. The fraction of sp³-hybridized carbons (Fsp3) is 0.812. The Morgan fingerprint density at radius 3 is 2.52 bits per heavy atom. The number of carboxylic acid groups (broad SMARTS) is 1. The van der Waals surface area contributed by atoms with Gasteiger partial charge in [0.05, 0.1) is 24.5 Å². The Morgan fingerprint density at radius 1 is 1.26 bits per heavy atom. The normalized spacial score (nSPS) is 23.9. The largest absolute Gasteiger partial charge is 0.481 e. The topological polar surface area (TPSA) is 95.9 Å². The van der Waals surface area contributed by atoms with E-state index in [-0.39, 0.29) is 36.7 Å². The smallest absolute Gasteiger partial charge is 0.305 e. The molecule has 7 nitrogen and oxygen atoms in total. The van der Waals surface area contributed by atoms with Crippen LogP contribution in [0.5, 0.6) is 0 Å². The van der Waals surface area contributed by atoms with Gasteiger partial charge >= 0.3 is 5.97 Å². The van der Waals surface area contributed by atoms with Crippen LogP contribution < -0.4 is 5.32 Å². The molecule has 1 aliphatic heterocycles. The van der Waals surface area contributed by atoms with E-state index in [1.165, 1.54) is 7.11 Å². The Kier molecular flexibility index (Phi) is 5.62. The highest BCUT2D eigenvalue weighted by Crippen LogP contribution is 2.32. The highest BCUT2D eigenvalue weighted by atomic mass is 16.5. The van der Waals surface area contributed by atoms with Gasteiger partial charge in [-0.2, -0.15) is 0 Å². The first kappa shape index (κ1) is 17.7. The molecule has 2 rings (SSSR count). The third-order valence-electron chi connectivity index (χ3n) is 4.46. The van der Waals surface area contributed by atoms with Crippen LogP contribution in [0.3, 0.4) is 0 Å². The number of carbonyl (C=O) groups is 3. The van der Waals surface area contributed by atoms with Gasteiger partial charge in [0.2, 0.25) is 11.8 Å². The van der Waals surface area contributed by atoms with E-state index in [4.69, 9.17) is 9.84 Å². The molecule has 1 aliphatic carbocycles. The van der Waals surface area contributed by atoms with Crippen molar-refractivity contribution >= 4 is 17.8 Å². The third kappa shape index (κ3) is 4.92. The summed E-state index contributed by atoms with van der Waals surface area (Å²) in [6, 6.07) is 0. The van der Waals surface area contributed by atoms with Crippen LogP contribution in [0.1, 0.15) is 39.0 Å². The van der Waals surface area contributed by atoms with Crippen LogP contribution >= 0.6 is 0 Å². The molecule has 1 saturated heterocycles. The number of carboxylic acids is 1. The zero-order valence-corrected chi connectivity index (χ0v) is 13.8. The number of piperidine rings is 1. The van der Waals surface area contributed by atoms with Crippen molar-refractivity contribution in [3.63, 3.8) is 0 Å². The van der Waals surface area contributed by atoms with Gasteiger partial charge in [-0.05, 0) is 32.6 Å². The maximum Gasteiger partial charge on any atom is 0.305 e. The molecule has 0 radical (unpaired) electrons. The van der Waals surface area contributed by atoms with Crippen molar-refractivity contribution in [1.82, 2.24) is 10.2 Å². The van der Waals surface area contributed by atoms with E-state index in [2.05, 4.69) is 5.32 Å². The number of hydrogen-bond donors (Lipinski definition) is 2. The lowest BCUT2D eigenvalue weighted by Crippen LogP contribution is -2.55. The maximum atomic E-state index is 12.5. The van der Waals surface area contributed by atoms with Crippen molar-refractivity contribution in [2.45, 2.75) is 44.6 Å². The molecule has 2 N–H and O–H groups in total. The summed E-state index contributed by atoms with van der Waals surface area (Å²) in [5.74, 6) is -1.15. The van der Waals surface area contributed by atoms with Gasteiger partial charge in [0.1, 0.15) is 0 Å². The number of amides is 2. The lowest BCUT2D eigenvalue weighted by Gasteiger charge is -2.35. The van der Waals surface area contributed by atoms with Gasteiger partial charge in [-0.1, -0.05) is 0 Å². The van der Waals surface area contributed by atoms with Gasteiger partial charge in [0.25, 0.3) is 0 Å². The minimum Gasteiger partial charge on any atom is -0.481 e. The van der Waals surface area contributed by atoms with Crippen molar-refractivity contribution in [3.8, 4) is 0 Å². The van der Waals surface area contributed by atoms with Crippen LogP contribution in [-0.4, -0.2) is 60.1 Å². The average Bonchev–Trinajstić information content (AvgIpc) is 3.30. The first-order valence-electron chi connectivity index (χ1n) is 8.16. The zero-order valence-electron chi connectivity index (χ0n) is 13.8. The first-order valence-corrected chi connectivity index (χ1v) is 8.16. The van der Waals surface area contributed by atoms with E-state index in [1.807, 2.05) is 0 Å². The quantitative estimate of drug-likeness (QED) is 0.715. The molecule has 0 aromatic carbocycles. The van der Waals surface area contributed by atoms with Gasteiger partial charge in [-0.15, -0.1) is 0 Å². The van der Waals surface area contributed by atoms with Crippen molar-refractivity contribution in [2.75, 3.05) is 26.8 Å². The summed E-state index contributed by atoms with van der Waals surface area (Å²) in [6.45, 7) is 2.93. The Hall–Kier alpha value is -1.63. The average molecular weight is 326 g/mol. The van der Waals surface area contributed by atoms with Crippen LogP contribution in [0.2, 0.25) is 0 Å². The second-order valence-corrected chi connectivity index (χ2v) is 6.95. The number of nitrogens with zero attached hydrogens (tertiary/aromatic N) is 1. The second kappa shape index (κ2) is 7.29. The van der Waals surface area contributed by atoms with E-state index in [0.29, 0.717) is 13.1 Å². The number of ether oxygens (including phenoxy) is 1. The summed E-state index contributed by atoms with van der Waals surface area (Å²) in [4.78, 5) is 37.5. The molecule has 2 fully saturated rings. The highest BCUT2D eigenvalue weighted by Gasteiger charge is 2.38. The number of carbonyl (C=O) groups excluding carboxylic acids is 2. The van der Waals surface area contributed by atoms with E-state index >= 15 is 0 Å². The first-order chi connectivity index (χ1) is 10.8. The van der Waals surface area contributed by atoms with Crippen LogP contribution in [0.4, 0.5) is 0 Å². The Balaban J connectivity index is 1.94. The standard InChI is InChI=1S/C16H26N2O5/c1-16(10-23-2,8-13(19)20)17-14(21)12-4-3-7-18(9-12)15(22)11-5-6-11/h11-12H,3-10H2,1-2H3,(H,17,21)(H,19,20). The molecule has 0 bridgehead atoms. The minimum atomic E-state index is -0.987. The van der Waals surface area contributed by atoms with Crippen LogP contribution in [0, 0.1) is 11.8 Å². The van der Waals surface area contributed by atoms with Gasteiger partial charge in [0, 0.05) is 26.1 Å². The van der Waals surface area contributed by atoms with E-state index < -0.39 is 11.5 Å². The van der Waals surface area contributed by atoms with Crippen LogP contribution in [0.15, 0.2) is 0 Å².